The third-order valence-corrected chi connectivity index (χ3v) is 5.91. The van der Waals surface area contributed by atoms with Crippen LogP contribution in [-0.4, -0.2) is 10.2 Å². The van der Waals surface area contributed by atoms with Gasteiger partial charge in [0.2, 0.25) is 0 Å². The van der Waals surface area contributed by atoms with Crippen molar-refractivity contribution in [1.29, 1.82) is 0 Å². The van der Waals surface area contributed by atoms with E-state index in [0.29, 0.717) is 0 Å². The molecule has 0 aliphatic heterocycles. The fourth-order valence-corrected chi connectivity index (χ4v) is 4.11. The van der Waals surface area contributed by atoms with Crippen LogP contribution in [0.1, 0.15) is 96.5 Å². The summed E-state index contributed by atoms with van der Waals surface area (Å²) < 4.78 is 0. The summed E-state index contributed by atoms with van der Waals surface area (Å²) in [6.07, 6.45) is 21.0. The minimum Gasteiger partial charge on any atom is -0.0847 e. The van der Waals surface area contributed by atoms with Crippen molar-refractivity contribution in [3.63, 3.8) is 0 Å². The van der Waals surface area contributed by atoms with Gasteiger partial charge < -0.3 is 0 Å². The Morgan fingerprint density at radius 3 is 2.08 bits per heavy atom. The monoisotopic (exact) mass is 356 g/mol. The first kappa shape index (κ1) is 22.0. The summed E-state index contributed by atoms with van der Waals surface area (Å²) in [6.45, 7) is 4.57. The van der Waals surface area contributed by atoms with Crippen molar-refractivity contribution in [2.45, 2.75) is 90.9 Å². The summed E-state index contributed by atoms with van der Waals surface area (Å²) in [6, 6.07) is 11.1. The molecule has 0 fully saturated rings. The van der Waals surface area contributed by atoms with Gasteiger partial charge in [-0.3, -0.25) is 0 Å². The molecule has 0 radical (unpaired) electrons. The molecule has 0 aromatic heterocycles. The standard InChI is InChI=1S/C24H40Si/c1-3-5-7-9-11-16-20-23(22-18-14-13-15-19-22)24(25)21-17-12-10-8-6-4-2/h13-15,17-19,21H,3-12,16,20H2,1-2,25H3. The van der Waals surface area contributed by atoms with Gasteiger partial charge in [0, 0.05) is 10.2 Å². The van der Waals surface area contributed by atoms with E-state index in [2.05, 4.69) is 56.3 Å². The van der Waals surface area contributed by atoms with Crippen molar-refractivity contribution < 1.29 is 0 Å². The lowest BCUT2D eigenvalue weighted by Gasteiger charge is -2.11. The smallest absolute Gasteiger partial charge is 0.0388 e. The molecule has 0 spiro atoms. The summed E-state index contributed by atoms with van der Waals surface area (Å²) in [7, 11) is 1.14. The predicted octanol–water partition coefficient (Wildman–Crippen LogP) is 7.04. The molecule has 0 unspecified atom stereocenters. The highest BCUT2D eigenvalue weighted by atomic mass is 28.1. The van der Waals surface area contributed by atoms with E-state index in [-0.39, 0.29) is 0 Å². The summed E-state index contributed by atoms with van der Waals surface area (Å²) in [5.74, 6) is 0. The molecule has 0 saturated carbocycles. The Hall–Kier alpha value is -1.08. The van der Waals surface area contributed by atoms with Crippen LogP contribution < -0.4 is 0 Å². The van der Waals surface area contributed by atoms with Gasteiger partial charge in [-0.2, -0.15) is 0 Å². The van der Waals surface area contributed by atoms with E-state index in [1.165, 1.54) is 82.6 Å². The van der Waals surface area contributed by atoms with Gasteiger partial charge >= 0.3 is 0 Å². The molecule has 1 aromatic rings. The minimum absolute atomic E-state index is 1.14. The second-order valence-corrected chi connectivity index (χ2v) is 8.37. The SMILES string of the molecule is CCCCCCC=CC([SiH3])=C(CCCCCCCC)c1ccccc1. The van der Waals surface area contributed by atoms with Crippen molar-refractivity contribution in [3.05, 3.63) is 53.2 Å². The average Bonchev–Trinajstić information content (AvgIpc) is 2.64. The van der Waals surface area contributed by atoms with E-state index in [0.717, 1.165) is 10.2 Å². The van der Waals surface area contributed by atoms with Crippen LogP contribution in [-0.2, 0) is 0 Å². The Labute approximate surface area is 160 Å². The molecule has 0 atom stereocenters. The zero-order chi connectivity index (χ0) is 18.2. The number of hydrogen-bond acceptors (Lipinski definition) is 0. The zero-order valence-electron chi connectivity index (χ0n) is 17.0. The lowest BCUT2D eigenvalue weighted by molar-refractivity contribution is 0.613. The fourth-order valence-electron chi connectivity index (χ4n) is 3.34. The predicted molar refractivity (Wildman–Crippen MR) is 119 cm³/mol. The Kier molecular flexibility index (Phi) is 13.3. The van der Waals surface area contributed by atoms with Crippen LogP contribution in [0.4, 0.5) is 0 Å². The molecule has 0 saturated heterocycles. The molecule has 0 aliphatic rings. The van der Waals surface area contributed by atoms with Gasteiger partial charge in [0.1, 0.15) is 0 Å². The van der Waals surface area contributed by atoms with E-state index in [1.54, 1.807) is 10.8 Å². The summed E-state index contributed by atoms with van der Waals surface area (Å²) in [4.78, 5) is 0. The van der Waals surface area contributed by atoms with E-state index in [9.17, 15) is 0 Å². The molecule has 0 heterocycles. The third kappa shape index (κ3) is 10.5. The largest absolute Gasteiger partial charge is 0.0847 e. The van der Waals surface area contributed by atoms with E-state index < -0.39 is 0 Å². The van der Waals surface area contributed by atoms with Gasteiger partial charge in [-0.25, -0.2) is 0 Å². The van der Waals surface area contributed by atoms with Crippen LogP contribution in [0.25, 0.3) is 5.57 Å². The van der Waals surface area contributed by atoms with E-state index in [4.69, 9.17) is 0 Å². The molecule has 0 bridgehead atoms. The number of hydrogen-bond donors (Lipinski definition) is 0. The lowest BCUT2D eigenvalue weighted by atomic mass is 9.98. The maximum Gasteiger partial charge on any atom is 0.0388 e. The Morgan fingerprint density at radius 2 is 1.40 bits per heavy atom. The average molecular weight is 357 g/mol. The highest BCUT2D eigenvalue weighted by Crippen LogP contribution is 2.25. The molecule has 1 aromatic carbocycles. The molecule has 140 valence electrons. The topological polar surface area (TPSA) is 0 Å². The highest BCUT2D eigenvalue weighted by Gasteiger charge is 2.04. The first-order valence-electron chi connectivity index (χ1n) is 10.7. The quantitative estimate of drug-likeness (QED) is 0.190. The van der Waals surface area contributed by atoms with Gasteiger partial charge in [0.15, 0.2) is 0 Å². The molecular formula is C24H40Si. The van der Waals surface area contributed by atoms with Crippen molar-refractivity contribution in [2.75, 3.05) is 0 Å². The van der Waals surface area contributed by atoms with Crippen LogP contribution in [0.15, 0.2) is 47.7 Å². The first-order chi connectivity index (χ1) is 12.3. The van der Waals surface area contributed by atoms with Crippen LogP contribution in [0.5, 0.6) is 0 Å². The molecule has 1 heteroatoms. The number of allylic oxidation sites excluding steroid dienone is 4. The normalized spacial score (nSPS) is 12.7. The Bertz CT molecular complexity index is 484. The molecule has 0 N–H and O–H groups in total. The maximum atomic E-state index is 2.43. The molecule has 25 heavy (non-hydrogen) atoms. The lowest BCUT2D eigenvalue weighted by Crippen LogP contribution is -1.92. The number of unbranched alkanes of at least 4 members (excludes halogenated alkanes) is 9. The van der Waals surface area contributed by atoms with E-state index in [1.807, 2.05) is 0 Å². The molecule has 1 rings (SSSR count). The van der Waals surface area contributed by atoms with Crippen LogP contribution in [0, 0.1) is 0 Å². The van der Waals surface area contributed by atoms with Crippen molar-refractivity contribution in [3.8, 4) is 0 Å². The van der Waals surface area contributed by atoms with E-state index >= 15 is 0 Å². The second-order valence-electron chi connectivity index (χ2n) is 7.30. The molecule has 0 aliphatic carbocycles. The van der Waals surface area contributed by atoms with Crippen molar-refractivity contribution >= 4 is 15.8 Å². The van der Waals surface area contributed by atoms with Gasteiger partial charge in [-0.1, -0.05) is 113 Å². The molecular weight excluding hydrogens is 316 g/mol. The van der Waals surface area contributed by atoms with Gasteiger partial charge in [0.25, 0.3) is 0 Å². The molecule has 0 amide bonds. The van der Waals surface area contributed by atoms with Crippen molar-refractivity contribution in [1.82, 2.24) is 0 Å². The summed E-state index contributed by atoms with van der Waals surface area (Å²) in [5, 5.41) is 1.59. The Morgan fingerprint density at radius 1 is 0.800 bits per heavy atom. The summed E-state index contributed by atoms with van der Waals surface area (Å²) in [5.41, 5.74) is 3.05. The molecule has 0 nitrogen and oxygen atoms in total. The van der Waals surface area contributed by atoms with Gasteiger partial charge in [-0.15, -0.1) is 0 Å². The Balaban J connectivity index is 2.58. The second kappa shape index (κ2) is 15.2. The van der Waals surface area contributed by atoms with Crippen LogP contribution in [0.2, 0.25) is 0 Å². The maximum absolute atomic E-state index is 2.43. The number of rotatable bonds is 14. The first-order valence-corrected chi connectivity index (χ1v) is 11.7. The fraction of sp³-hybridized carbons (Fsp3) is 0.583. The highest BCUT2D eigenvalue weighted by molar-refractivity contribution is 6.27. The zero-order valence-corrected chi connectivity index (χ0v) is 19.0. The van der Waals surface area contributed by atoms with Crippen LogP contribution >= 0.6 is 0 Å². The third-order valence-electron chi connectivity index (χ3n) is 4.97. The summed E-state index contributed by atoms with van der Waals surface area (Å²) >= 11 is 0. The van der Waals surface area contributed by atoms with Gasteiger partial charge in [0.05, 0.1) is 0 Å². The minimum atomic E-state index is 1.14. The van der Waals surface area contributed by atoms with Gasteiger partial charge in [-0.05, 0) is 36.8 Å². The van der Waals surface area contributed by atoms with Crippen LogP contribution in [0.3, 0.4) is 0 Å². The number of benzene rings is 1. The van der Waals surface area contributed by atoms with Crippen molar-refractivity contribution in [2.24, 2.45) is 0 Å².